The average molecular weight is 1780 g/mol. The van der Waals surface area contributed by atoms with E-state index in [0.29, 0.717) is 20.6 Å². The summed E-state index contributed by atoms with van der Waals surface area (Å²) < 4.78 is 13.0. The summed E-state index contributed by atoms with van der Waals surface area (Å²) in [6.45, 7) is 86.5. The fourth-order valence-corrected chi connectivity index (χ4v) is 31.8. The van der Waals surface area contributed by atoms with Gasteiger partial charge in [0.25, 0.3) is 0 Å². The predicted molar refractivity (Wildman–Crippen MR) is 385 cm³/mol. The first-order chi connectivity index (χ1) is 35.3. The zero-order chi connectivity index (χ0) is 62.4. The summed E-state index contributed by atoms with van der Waals surface area (Å²) in [7, 11) is -4.04. The van der Waals surface area contributed by atoms with E-state index in [-0.39, 0.29) is 96.8 Å². The fraction of sp³-hybridized carbons (Fsp3) is 0.704. The molecule has 0 saturated carbocycles. The zero-order valence-corrected chi connectivity index (χ0v) is 72.6. The number of rotatable bonds is 16. The molecule has 0 heterocycles. The molecule has 2 nitrogen and oxygen atoms in total. The largest absolute Gasteiger partial charge is 0.378 e. The molecule has 0 saturated heterocycles. The zero-order valence-electron chi connectivity index (χ0n) is 59.4. The van der Waals surface area contributed by atoms with E-state index >= 15 is 0 Å². The molecule has 3 rings (SSSR count). The first-order valence-corrected chi connectivity index (χ1v) is 40.1. The molecule has 0 N–H and O–H groups in total. The van der Waals surface area contributed by atoms with E-state index in [2.05, 4.69) is 297 Å². The molecule has 82 heavy (non-hydrogen) atoms. The van der Waals surface area contributed by atoms with Crippen LogP contribution in [0.15, 0.2) is 61.4 Å². The number of aryl methyl sites for hydroxylation is 2. The normalized spacial score (nSPS) is 12.8. The van der Waals surface area contributed by atoms with Gasteiger partial charge in [0, 0.05) is 92.0 Å². The molecule has 481 valence electrons. The van der Waals surface area contributed by atoms with Gasteiger partial charge in [-0.2, -0.15) is 53.6 Å². The Bertz CT molecular complexity index is 2070. The Hall–Kier alpha value is 1.31. The van der Waals surface area contributed by atoms with E-state index in [0.717, 1.165) is 34.1 Å². The summed E-state index contributed by atoms with van der Waals surface area (Å²) in [6.07, 6.45) is 5.00. The number of hydrogen-bond donors (Lipinski definition) is 0. The van der Waals surface area contributed by atoms with Crippen LogP contribution in [-0.4, -0.2) is 63.9 Å². The Balaban J connectivity index is -0.000000534. The van der Waals surface area contributed by atoms with Crippen molar-refractivity contribution in [1.29, 1.82) is 0 Å². The van der Waals surface area contributed by atoms with Crippen molar-refractivity contribution >= 4 is 48.0 Å². The number of hydrogen-bond acceptors (Lipinski definition) is 2. The minimum Gasteiger partial charge on any atom is -0.378 e. The average Bonchev–Trinajstić information content (AvgIpc) is 3.21. The first kappa shape index (κ1) is 89.7. The minimum atomic E-state index is -1.11. The summed E-state index contributed by atoms with van der Waals surface area (Å²) in [6, 6.07) is 26.7. The summed E-state index contributed by atoms with van der Waals surface area (Å²) in [4.78, 5) is 0. The Morgan fingerprint density at radius 3 is 0.768 bits per heavy atom. The van der Waals surface area contributed by atoms with Gasteiger partial charge in [0.15, 0.2) is 16.3 Å². The standard InChI is InChI=1S/C25H45P2.C22H39O2P2.C21H37P2.C3H4.3Ir/c1-19-14-20(17-26(22(2,3)4)23(5,6)7)16-21(15-19)18-27(24(8,9)10)25(11,12)13;1-19(2,3)25(20(4,5)6)23-17-14-13-15-18(16-17)24-26(21(7,8)9)22(10,11)12;1-15(2)22(16(3)4)13-20-10-19(9)11-21(12-20)14-23(17(5)6)18(7)8;1-3-2;;;/h14-15H,17-18H2,1-13H3;13-15H,1-12H3;10-11,15-18H,13-14H2,1-9H3;1-2H2;;;/q3*-1;;;;/p+6. The van der Waals surface area contributed by atoms with Crippen molar-refractivity contribution in [3.8, 4) is 11.5 Å². The van der Waals surface area contributed by atoms with Gasteiger partial charge in [0.2, 0.25) is 0 Å². The van der Waals surface area contributed by atoms with Gasteiger partial charge < -0.3 is 9.05 Å². The van der Waals surface area contributed by atoms with Crippen LogP contribution >= 0.6 is 48.0 Å². The molecule has 11 heteroatoms. The number of benzene rings is 3. The van der Waals surface area contributed by atoms with Crippen LogP contribution in [0.4, 0.5) is 0 Å². The van der Waals surface area contributed by atoms with Crippen LogP contribution < -0.4 is 9.05 Å². The molecule has 0 spiro atoms. The van der Waals surface area contributed by atoms with Crippen molar-refractivity contribution in [2.75, 3.05) is 0 Å². The third kappa shape index (κ3) is 34.5. The van der Waals surface area contributed by atoms with E-state index in [1.54, 1.807) is 0 Å². The van der Waals surface area contributed by atoms with Crippen molar-refractivity contribution in [1.82, 2.24) is 0 Å². The SMILES string of the molecule is C=C=C.CC(C)(C)[PH+](Oc1[c-]c(O[PH+](C(C)(C)C)C(C)(C)C)ccc1)C(C)(C)C.Cc1cc(C[PH+](C(C)(C)C)C(C)(C)C)[c-]c(C[PH+](C(C)(C)C)C(C)(C)C)c1.Cc1cc(C[PH+](C(C)C)C(C)C)[c-]c(C[PH+](C(C)C)C(C)C)c1.[Ir].[Ir].[Ir]. The van der Waals surface area contributed by atoms with Crippen LogP contribution in [0.2, 0.25) is 0 Å². The second-order valence-corrected chi connectivity index (χ2v) is 56.3. The van der Waals surface area contributed by atoms with Gasteiger partial charge in [-0.1, -0.05) is 33.1 Å². The summed E-state index contributed by atoms with van der Waals surface area (Å²) >= 11 is 0. The monoisotopic (exact) mass is 1780 g/mol. The minimum absolute atomic E-state index is 0. The van der Waals surface area contributed by atoms with Gasteiger partial charge in [0.05, 0.1) is 79.4 Å². The van der Waals surface area contributed by atoms with Crippen LogP contribution in [0.3, 0.4) is 0 Å². The van der Waals surface area contributed by atoms with Crippen molar-refractivity contribution in [2.45, 2.75) is 324 Å². The molecule has 0 bridgehead atoms. The van der Waals surface area contributed by atoms with Gasteiger partial charge in [-0.3, -0.25) is 0 Å². The topological polar surface area (TPSA) is 18.5 Å². The van der Waals surface area contributed by atoms with Gasteiger partial charge in [0.1, 0.15) is 20.6 Å². The molecule has 3 aromatic rings. The van der Waals surface area contributed by atoms with Crippen LogP contribution in [0.1, 0.15) is 255 Å². The maximum atomic E-state index is 6.51. The third-order valence-corrected chi connectivity index (χ3v) is 36.8. The van der Waals surface area contributed by atoms with Gasteiger partial charge in [-0.15, -0.1) is 40.1 Å². The second kappa shape index (κ2) is 37.6. The van der Waals surface area contributed by atoms with Crippen LogP contribution in [0.5, 0.6) is 11.5 Å². The van der Waals surface area contributed by atoms with Crippen LogP contribution in [0, 0.1) is 32.0 Å². The third-order valence-electron chi connectivity index (χ3n) is 14.3. The molecular formula is C71H131Ir3O2P6+3. The summed E-state index contributed by atoms with van der Waals surface area (Å²) in [5.41, 5.74) is 14.3. The van der Waals surface area contributed by atoms with Crippen LogP contribution in [0.25, 0.3) is 0 Å². The predicted octanol–water partition coefficient (Wildman–Crippen LogP) is 23.9. The quantitative estimate of drug-likeness (QED) is 0.0808. The summed E-state index contributed by atoms with van der Waals surface area (Å²) in [5, 5.41) is 2.13. The molecule has 0 unspecified atom stereocenters. The molecule has 0 fully saturated rings. The van der Waals surface area contributed by atoms with Gasteiger partial charge >= 0.3 is 0 Å². The Kier molecular flexibility index (Phi) is 41.1. The first-order valence-electron chi connectivity index (χ1n) is 30.2. The molecule has 3 radical (unpaired) electrons. The van der Waals surface area contributed by atoms with E-state index < -0.39 is 32.1 Å². The maximum absolute atomic E-state index is 6.51. The van der Waals surface area contributed by atoms with Crippen LogP contribution in [-0.2, 0) is 85.0 Å². The molecule has 0 aliphatic carbocycles. The van der Waals surface area contributed by atoms with E-state index in [1.165, 1.54) is 58.0 Å². The fourth-order valence-electron chi connectivity index (χ4n) is 12.0. The molecule has 0 aromatic heterocycles. The summed E-state index contributed by atoms with van der Waals surface area (Å²) in [5.74, 6) is 1.62. The van der Waals surface area contributed by atoms with Crippen molar-refractivity contribution in [2.24, 2.45) is 0 Å². The molecule has 0 aliphatic heterocycles. The maximum Gasteiger partial charge on any atom is 0.185 e. The molecular weight excluding hydrogens is 1650 g/mol. The Morgan fingerprint density at radius 2 is 0.585 bits per heavy atom. The van der Waals surface area contributed by atoms with E-state index in [1.807, 2.05) is 18.2 Å². The Morgan fingerprint density at radius 1 is 0.378 bits per heavy atom. The van der Waals surface area contributed by atoms with Crippen molar-refractivity contribution < 1.29 is 69.4 Å². The van der Waals surface area contributed by atoms with Gasteiger partial charge in [-0.05, 0) is 222 Å². The van der Waals surface area contributed by atoms with Crippen molar-refractivity contribution in [3.05, 3.63) is 113 Å². The van der Waals surface area contributed by atoms with E-state index in [4.69, 9.17) is 9.05 Å². The second-order valence-electron chi connectivity index (χ2n) is 32.3. The molecule has 0 aliphatic rings. The van der Waals surface area contributed by atoms with Crippen molar-refractivity contribution in [3.63, 3.8) is 0 Å². The van der Waals surface area contributed by atoms with Gasteiger partial charge in [-0.25, -0.2) is 0 Å². The molecule has 0 amide bonds. The Labute approximate surface area is 560 Å². The molecule has 0 atom stereocenters. The smallest absolute Gasteiger partial charge is 0.185 e. The molecule has 3 aromatic carbocycles. The van der Waals surface area contributed by atoms with E-state index in [9.17, 15) is 0 Å².